The van der Waals surface area contributed by atoms with E-state index in [9.17, 15) is 8.42 Å². The highest BCUT2D eigenvalue weighted by molar-refractivity contribution is 7.89. The third-order valence-corrected chi connectivity index (χ3v) is 4.39. The first-order chi connectivity index (χ1) is 9.44. The Kier molecular flexibility index (Phi) is 6.29. The van der Waals surface area contributed by atoms with Crippen molar-refractivity contribution >= 4 is 10.0 Å². The van der Waals surface area contributed by atoms with Crippen LogP contribution in [0.15, 0.2) is 23.1 Å². The first kappa shape index (κ1) is 16.8. The summed E-state index contributed by atoms with van der Waals surface area (Å²) in [6, 6.07) is 4.69. The van der Waals surface area contributed by atoms with Crippen molar-refractivity contribution in [1.82, 2.24) is 4.72 Å². The van der Waals surface area contributed by atoms with Gasteiger partial charge in [0, 0.05) is 12.1 Å². The summed E-state index contributed by atoms with van der Waals surface area (Å²) in [5.74, 6) is 0.854. The van der Waals surface area contributed by atoms with Crippen LogP contribution in [0.2, 0.25) is 0 Å². The lowest BCUT2D eigenvalue weighted by Gasteiger charge is -2.16. The van der Waals surface area contributed by atoms with Crippen LogP contribution in [-0.4, -0.2) is 27.7 Å². The van der Waals surface area contributed by atoms with Crippen LogP contribution in [0.1, 0.15) is 34.1 Å². The van der Waals surface area contributed by atoms with Gasteiger partial charge in [-0.15, -0.1) is 0 Å². The minimum Gasteiger partial charge on any atom is -0.494 e. The number of hydrogen-bond acceptors (Lipinski definition) is 4. The van der Waals surface area contributed by atoms with Crippen molar-refractivity contribution in [3.63, 3.8) is 0 Å². The molecule has 0 bridgehead atoms. The van der Waals surface area contributed by atoms with Crippen molar-refractivity contribution in [3.8, 4) is 11.5 Å². The largest absolute Gasteiger partial charge is 0.494 e. The fourth-order valence-corrected chi connectivity index (χ4v) is 3.13. The molecule has 0 heterocycles. The second-order valence-corrected chi connectivity index (χ2v) is 6.09. The van der Waals surface area contributed by atoms with Gasteiger partial charge in [-0.2, -0.15) is 0 Å². The molecule has 1 N–H and O–H groups in total. The van der Waals surface area contributed by atoms with Gasteiger partial charge >= 0.3 is 0 Å². The Morgan fingerprint density at radius 3 is 2.35 bits per heavy atom. The van der Waals surface area contributed by atoms with Crippen LogP contribution in [0.3, 0.4) is 0 Å². The highest BCUT2D eigenvalue weighted by Crippen LogP contribution is 2.28. The van der Waals surface area contributed by atoms with Crippen LogP contribution in [0.25, 0.3) is 0 Å². The van der Waals surface area contributed by atoms with Crippen LogP contribution in [-0.2, 0) is 10.0 Å². The van der Waals surface area contributed by atoms with Gasteiger partial charge in [0.2, 0.25) is 10.0 Å². The number of ether oxygens (including phenoxy) is 2. The molecule has 5 nitrogen and oxygen atoms in total. The maximum absolute atomic E-state index is 12.4. The average Bonchev–Trinajstić information content (AvgIpc) is 2.40. The molecule has 114 valence electrons. The predicted octanol–water partition coefficient (Wildman–Crippen LogP) is 2.56. The highest BCUT2D eigenvalue weighted by Gasteiger charge is 2.22. The average molecular weight is 301 g/mol. The highest BCUT2D eigenvalue weighted by atomic mass is 32.2. The number of hydrogen-bond donors (Lipinski definition) is 1. The molecule has 1 aromatic carbocycles. The van der Waals surface area contributed by atoms with Crippen molar-refractivity contribution in [2.45, 2.75) is 45.1 Å². The van der Waals surface area contributed by atoms with Crippen molar-refractivity contribution < 1.29 is 17.9 Å². The van der Waals surface area contributed by atoms with Gasteiger partial charge in [-0.05, 0) is 39.3 Å². The van der Waals surface area contributed by atoms with Crippen LogP contribution in [0, 0.1) is 0 Å². The maximum Gasteiger partial charge on any atom is 0.244 e. The van der Waals surface area contributed by atoms with Gasteiger partial charge in [0.05, 0.1) is 13.2 Å². The van der Waals surface area contributed by atoms with E-state index in [1.165, 1.54) is 6.07 Å². The summed E-state index contributed by atoms with van der Waals surface area (Å²) in [6.07, 6.45) is 0.717. The zero-order valence-corrected chi connectivity index (χ0v) is 13.3. The van der Waals surface area contributed by atoms with Crippen LogP contribution < -0.4 is 14.2 Å². The maximum atomic E-state index is 12.4. The molecule has 0 spiro atoms. The summed E-state index contributed by atoms with van der Waals surface area (Å²) < 4.78 is 38.2. The third kappa shape index (κ3) is 4.38. The van der Waals surface area contributed by atoms with E-state index in [1.54, 1.807) is 12.1 Å². The Balaban J connectivity index is 3.20. The second kappa shape index (κ2) is 7.50. The monoisotopic (exact) mass is 301 g/mol. The Morgan fingerprint density at radius 1 is 1.15 bits per heavy atom. The summed E-state index contributed by atoms with van der Waals surface area (Å²) in [5, 5.41) is 0. The lowest BCUT2D eigenvalue weighted by atomic mass is 10.3. The third-order valence-electron chi connectivity index (χ3n) is 2.78. The first-order valence-corrected chi connectivity index (χ1v) is 8.34. The van der Waals surface area contributed by atoms with Gasteiger partial charge in [0.25, 0.3) is 0 Å². The van der Waals surface area contributed by atoms with E-state index in [2.05, 4.69) is 4.72 Å². The number of sulfonamides is 1. The molecule has 0 saturated carbocycles. The fraction of sp³-hybridized carbons (Fsp3) is 0.571. The number of benzene rings is 1. The summed E-state index contributed by atoms with van der Waals surface area (Å²) in [4.78, 5) is 0.116. The smallest absolute Gasteiger partial charge is 0.244 e. The molecule has 0 fully saturated rings. The molecular formula is C14H23NO4S. The van der Waals surface area contributed by atoms with Crippen molar-refractivity contribution in [3.05, 3.63) is 18.2 Å². The minimum atomic E-state index is -3.62. The quantitative estimate of drug-likeness (QED) is 0.801. The molecule has 1 unspecified atom stereocenters. The Hall–Kier alpha value is -1.27. The lowest BCUT2D eigenvalue weighted by molar-refractivity contribution is 0.322. The van der Waals surface area contributed by atoms with Gasteiger partial charge in [-0.3, -0.25) is 0 Å². The predicted molar refractivity (Wildman–Crippen MR) is 78.9 cm³/mol. The Morgan fingerprint density at radius 2 is 1.80 bits per heavy atom. The van der Waals surface area contributed by atoms with Gasteiger partial charge in [-0.1, -0.05) is 6.92 Å². The number of nitrogens with one attached hydrogen (secondary N) is 1. The Labute approximate surface area is 121 Å². The molecule has 6 heteroatoms. The molecule has 0 aliphatic rings. The molecule has 1 atom stereocenters. The lowest BCUT2D eigenvalue weighted by Crippen LogP contribution is -2.32. The van der Waals surface area contributed by atoms with E-state index < -0.39 is 10.0 Å². The van der Waals surface area contributed by atoms with Crippen molar-refractivity contribution in [2.75, 3.05) is 13.2 Å². The van der Waals surface area contributed by atoms with E-state index in [0.29, 0.717) is 31.1 Å². The molecule has 0 aromatic heterocycles. The summed E-state index contributed by atoms with van der Waals surface area (Å²) in [5.41, 5.74) is 0. The van der Waals surface area contributed by atoms with E-state index >= 15 is 0 Å². The van der Waals surface area contributed by atoms with Crippen molar-refractivity contribution in [2.24, 2.45) is 0 Å². The second-order valence-electron chi connectivity index (χ2n) is 4.41. The molecule has 1 aromatic rings. The van der Waals surface area contributed by atoms with Crippen LogP contribution >= 0.6 is 0 Å². The van der Waals surface area contributed by atoms with Gasteiger partial charge in [0.15, 0.2) is 0 Å². The first-order valence-electron chi connectivity index (χ1n) is 6.86. The molecule has 0 saturated heterocycles. The SMILES string of the molecule is CCOc1ccc(OCC)c(S(=O)(=O)NC(C)CC)c1. The van der Waals surface area contributed by atoms with E-state index in [4.69, 9.17) is 9.47 Å². The molecule has 0 aliphatic heterocycles. The summed E-state index contributed by atoms with van der Waals surface area (Å²) in [6.45, 7) is 8.29. The zero-order valence-electron chi connectivity index (χ0n) is 12.5. The normalized spacial score (nSPS) is 13.0. The molecular weight excluding hydrogens is 278 g/mol. The molecule has 20 heavy (non-hydrogen) atoms. The summed E-state index contributed by atoms with van der Waals surface area (Å²) >= 11 is 0. The van der Waals surface area contributed by atoms with E-state index in [-0.39, 0.29) is 10.9 Å². The molecule has 0 aliphatic carbocycles. The fourth-order valence-electron chi connectivity index (χ4n) is 1.64. The Bertz CT molecular complexity index is 528. The molecule has 0 amide bonds. The van der Waals surface area contributed by atoms with E-state index in [1.807, 2.05) is 27.7 Å². The van der Waals surface area contributed by atoms with E-state index in [0.717, 1.165) is 0 Å². The number of rotatable bonds is 8. The topological polar surface area (TPSA) is 64.6 Å². The van der Waals surface area contributed by atoms with Crippen LogP contribution in [0.4, 0.5) is 0 Å². The van der Waals surface area contributed by atoms with Gasteiger partial charge in [0.1, 0.15) is 16.4 Å². The molecule has 1 rings (SSSR count). The van der Waals surface area contributed by atoms with Crippen molar-refractivity contribution in [1.29, 1.82) is 0 Å². The van der Waals surface area contributed by atoms with Gasteiger partial charge in [-0.25, -0.2) is 13.1 Å². The summed E-state index contributed by atoms with van der Waals surface area (Å²) in [7, 11) is -3.62. The standard InChI is InChI=1S/C14H23NO4S/c1-5-11(4)15-20(16,17)14-10-12(18-6-2)8-9-13(14)19-7-3/h8-11,15H,5-7H2,1-4H3. The van der Waals surface area contributed by atoms with Gasteiger partial charge < -0.3 is 9.47 Å². The van der Waals surface area contributed by atoms with Crippen LogP contribution in [0.5, 0.6) is 11.5 Å². The molecule has 0 radical (unpaired) electrons. The zero-order chi connectivity index (χ0) is 15.2. The minimum absolute atomic E-state index is 0.116.